The van der Waals surface area contributed by atoms with Gasteiger partial charge in [-0.2, -0.15) is 0 Å². The lowest BCUT2D eigenvalue weighted by atomic mass is 10.1. The van der Waals surface area contributed by atoms with Crippen molar-refractivity contribution < 1.29 is 18.4 Å². The Morgan fingerprint density at radius 1 is 0.833 bits per heavy atom. The molecule has 160 valence electrons. The molecule has 6 nitrogen and oxygen atoms in total. The number of piperazine rings is 1. The molecule has 8 heteroatoms. The molecular weight excluding hydrogens is 390 g/mol. The van der Waals surface area contributed by atoms with Crippen molar-refractivity contribution in [2.24, 2.45) is 0 Å². The van der Waals surface area contributed by atoms with Crippen LogP contribution in [0.25, 0.3) is 0 Å². The molecule has 0 radical (unpaired) electrons. The van der Waals surface area contributed by atoms with Gasteiger partial charge in [-0.15, -0.1) is 0 Å². The molecule has 0 aromatic heterocycles. The minimum Gasteiger partial charge on any atom is -0.355 e. The Balaban J connectivity index is 1.32. The zero-order valence-electron chi connectivity index (χ0n) is 16.7. The molecule has 3 rings (SSSR count). The summed E-state index contributed by atoms with van der Waals surface area (Å²) in [7, 11) is 0. The maximum absolute atomic E-state index is 13.6. The van der Waals surface area contributed by atoms with Crippen LogP contribution in [0.1, 0.15) is 5.56 Å². The van der Waals surface area contributed by atoms with E-state index >= 15 is 0 Å². The Kier molecular flexibility index (Phi) is 7.87. The number of amides is 2. The van der Waals surface area contributed by atoms with Crippen LogP contribution in [0, 0.1) is 11.6 Å². The minimum atomic E-state index is -0.347. The van der Waals surface area contributed by atoms with E-state index in [0.717, 1.165) is 0 Å². The summed E-state index contributed by atoms with van der Waals surface area (Å²) in [5, 5.41) is 5.58. The molecule has 2 amide bonds. The van der Waals surface area contributed by atoms with E-state index in [9.17, 15) is 18.4 Å². The third-order valence-electron chi connectivity index (χ3n) is 5.00. The van der Waals surface area contributed by atoms with E-state index in [0.29, 0.717) is 50.4 Å². The second-order valence-electron chi connectivity index (χ2n) is 7.30. The molecule has 0 saturated carbocycles. The third-order valence-corrected chi connectivity index (χ3v) is 5.00. The summed E-state index contributed by atoms with van der Waals surface area (Å²) in [6, 6.07) is 12.2. The molecule has 1 aliphatic heterocycles. The van der Waals surface area contributed by atoms with Crippen molar-refractivity contribution in [2.45, 2.75) is 6.42 Å². The first-order valence-electron chi connectivity index (χ1n) is 10.00. The molecular formula is C22H26F2N4O2. The van der Waals surface area contributed by atoms with Gasteiger partial charge in [0, 0.05) is 38.4 Å². The zero-order valence-corrected chi connectivity index (χ0v) is 16.7. The molecule has 0 bridgehead atoms. The quantitative estimate of drug-likeness (QED) is 0.690. The van der Waals surface area contributed by atoms with Crippen molar-refractivity contribution in [3.05, 3.63) is 65.7 Å². The molecule has 0 aliphatic carbocycles. The SMILES string of the molecule is O=C(CN1CCN(CC(=O)Nc2ccc(F)cc2)CC1)NCCc1ccccc1F. The van der Waals surface area contributed by atoms with Gasteiger partial charge in [0.15, 0.2) is 0 Å². The van der Waals surface area contributed by atoms with Gasteiger partial charge in [-0.3, -0.25) is 19.4 Å². The van der Waals surface area contributed by atoms with Crippen molar-refractivity contribution in [1.29, 1.82) is 0 Å². The number of nitrogens with zero attached hydrogens (tertiary/aromatic N) is 2. The fourth-order valence-corrected chi connectivity index (χ4v) is 3.34. The lowest BCUT2D eigenvalue weighted by molar-refractivity contribution is -0.123. The van der Waals surface area contributed by atoms with Crippen LogP contribution in [0.4, 0.5) is 14.5 Å². The van der Waals surface area contributed by atoms with Gasteiger partial charge in [0.05, 0.1) is 13.1 Å². The highest BCUT2D eigenvalue weighted by atomic mass is 19.1. The van der Waals surface area contributed by atoms with Crippen molar-refractivity contribution in [1.82, 2.24) is 15.1 Å². The number of carbonyl (C=O) groups is 2. The molecule has 1 aliphatic rings. The maximum atomic E-state index is 13.6. The lowest BCUT2D eigenvalue weighted by Crippen LogP contribution is -2.51. The molecule has 30 heavy (non-hydrogen) atoms. The number of benzene rings is 2. The van der Waals surface area contributed by atoms with E-state index in [1.54, 1.807) is 18.2 Å². The number of anilines is 1. The van der Waals surface area contributed by atoms with Crippen LogP contribution in [-0.2, 0) is 16.0 Å². The van der Waals surface area contributed by atoms with Gasteiger partial charge >= 0.3 is 0 Å². The van der Waals surface area contributed by atoms with Gasteiger partial charge in [0.2, 0.25) is 11.8 Å². The number of rotatable bonds is 8. The predicted octanol–water partition coefficient (Wildman–Crippen LogP) is 1.88. The van der Waals surface area contributed by atoms with Crippen LogP contribution in [-0.4, -0.2) is 67.4 Å². The largest absolute Gasteiger partial charge is 0.355 e. The first-order chi connectivity index (χ1) is 14.5. The van der Waals surface area contributed by atoms with E-state index in [1.165, 1.54) is 30.3 Å². The number of hydrogen-bond donors (Lipinski definition) is 2. The Morgan fingerprint density at radius 2 is 1.43 bits per heavy atom. The molecule has 1 saturated heterocycles. The van der Waals surface area contributed by atoms with Gasteiger partial charge in [-0.05, 0) is 42.3 Å². The standard InChI is InChI=1S/C22H26F2N4O2/c23-18-5-7-19(8-6-18)26-22(30)16-28-13-11-27(12-14-28)15-21(29)25-10-9-17-3-1-2-4-20(17)24/h1-8H,9-16H2,(H,25,29)(H,26,30). The highest BCUT2D eigenvalue weighted by Crippen LogP contribution is 2.09. The molecule has 1 fully saturated rings. The first-order valence-corrected chi connectivity index (χ1v) is 10.00. The van der Waals surface area contributed by atoms with Crippen molar-refractivity contribution in [3.63, 3.8) is 0 Å². The summed E-state index contributed by atoms with van der Waals surface area (Å²) in [6.07, 6.45) is 0.454. The molecule has 2 N–H and O–H groups in total. The number of halogens is 2. The molecule has 1 heterocycles. The van der Waals surface area contributed by atoms with Gasteiger partial charge in [-0.1, -0.05) is 18.2 Å². The van der Waals surface area contributed by atoms with Gasteiger partial charge in [0.25, 0.3) is 0 Å². The Morgan fingerprint density at radius 3 is 2.07 bits per heavy atom. The Hall–Kier alpha value is -2.84. The third kappa shape index (κ3) is 6.89. The second-order valence-corrected chi connectivity index (χ2v) is 7.30. The highest BCUT2D eigenvalue weighted by molar-refractivity contribution is 5.92. The van der Waals surface area contributed by atoms with Crippen LogP contribution in [0.5, 0.6) is 0 Å². The Labute approximate surface area is 174 Å². The summed E-state index contributed by atoms with van der Waals surface area (Å²) in [4.78, 5) is 28.3. The average molecular weight is 416 g/mol. The van der Waals surface area contributed by atoms with Crippen molar-refractivity contribution >= 4 is 17.5 Å². The number of nitrogens with one attached hydrogen (secondary N) is 2. The minimum absolute atomic E-state index is 0.0890. The summed E-state index contributed by atoms with van der Waals surface area (Å²) in [5.74, 6) is -0.846. The summed E-state index contributed by atoms with van der Waals surface area (Å²) >= 11 is 0. The van der Waals surface area contributed by atoms with Crippen LogP contribution in [0.15, 0.2) is 48.5 Å². The molecule has 0 unspecified atom stereocenters. The molecule has 0 atom stereocenters. The lowest BCUT2D eigenvalue weighted by Gasteiger charge is -2.33. The number of carbonyl (C=O) groups excluding carboxylic acids is 2. The van der Waals surface area contributed by atoms with Crippen molar-refractivity contribution in [2.75, 3.05) is 51.1 Å². The molecule has 2 aromatic rings. The van der Waals surface area contributed by atoms with Crippen LogP contribution in [0.3, 0.4) is 0 Å². The van der Waals surface area contributed by atoms with Crippen LogP contribution in [0.2, 0.25) is 0 Å². The summed E-state index contributed by atoms with van der Waals surface area (Å²) < 4.78 is 26.5. The fourth-order valence-electron chi connectivity index (χ4n) is 3.34. The molecule has 2 aromatic carbocycles. The zero-order chi connectivity index (χ0) is 21.3. The molecule has 0 spiro atoms. The normalized spacial score (nSPS) is 15.0. The second kappa shape index (κ2) is 10.8. The monoisotopic (exact) mass is 416 g/mol. The van der Waals surface area contributed by atoms with Crippen LogP contribution >= 0.6 is 0 Å². The van der Waals surface area contributed by atoms with E-state index in [2.05, 4.69) is 10.6 Å². The Bertz CT molecular complexity index is 852. The maximum Gasteiger partial charge on any atom is 0.238 e. The fraction of sp³-hybridized carbons (Fsp3) is 0.364. The number of hydrogen-bond acceptors (Lipinski definition) is 4. The van der Waals surface area contributed by atoms with E-state index in [4.69, 9.17) is 0 Å². The summed E-state index contributed by atoms with van der Waals surface area (Å²) in [5.41, 5.74) is 1.15. The van der Waals surface area contributed by atoms with E-state index in [-0.39, 0.29) is 36.5 Å². The van der Waals surface area contributed by atoms with E-state index in [1.807, 2.05) is 9.80 Å². The summed E-state index contributed by atoms with van der Waals surface area (Å²) in [6.45, 7) is 3.66. The highest BCUT2D eigenvalue weighted by Gasteiger charge is 2.20. The first kappa shape index (κ1) is 21.9. The average Bonchev–Trinajstić information content (AvgIpc) is 2.72. The van der Waals surface area contributed by atoms with E-state index < -0.39 is 0 Å². The topological polar surface area (TPSA) is 64.7 Å². The van der Waals surface area contributed by atoms with Crippen LogP contribution < -0.4 is 10.6 Å². The predicted molar refractivity (Wildman–Crippen MR) is 111 cm³/mol. The van der Waals surface area contributed by atoms with Crippen molar-refractivity contribution in [3.8, 4) is 0 Å². The van der Waals surface area contributed by atoms with Gasteiger partial charge in [-0.25, -0.2) is 8.78 Å². The van der Waals surface area contributed by atoms with Gasteiger partial charge in [0.1, 0.15) is 11.6 Å². The smallest absolute Gasteiger partial charge is 0.238 e. The van der Waals surface area contributed by atoms with Gasteiger partial charge < -0.3 is 10.6 Å².